The van der Waals surface area contributed by atoms with E-state index in [0.29, 0.717) is 33.5 Å². The maximum absolute atomic E-state index is 13.0. The second-order valence-corrected chi connectivity index (χ2v) is 8.48. The van der Waals surface area contributed by atoms with Crippen LogP contribution in [0.5, 0.6) is 0 Å². The van der Waals surface area contributed by atoms with Crippen LogP contribution in [-0.2, 0) is 11.3 Å². The first kappa shape index (κ1) is 24.9. The number of fused-ring (bicyclic) bond motifs is 1. The number of rotatable bonds is 7. The van der Waals surface area contributed by atoms with Crippen molar-refractivity contribution in [2.45, 2.75) is 19.9 Å². The van der Waals surface area contributed by atoms with Gasteiger partial charge in [0.15, 0.2) is 0 Å². The fraction of sp³-hybridized carbons (Fsp3) is 0.148. The zero-order chi connectivity index (χ0) is 26.5. The molecule has 0 unspecified atom stereocenters. The number of nitrogens with one attached hydrogen (secondary N) is 2. The summed E-state index contributed by atoms with van der Waals surface area (Å²) in [7, 11) is 1.68. The number of urea groups is 1. The monoisotopic (exact) mass is 495 g/mol. The molecule has 3 aromatic carbocycles. The Balaban J connectivity index is 1.62. The van der Waals surface area contributed by atoms with Crippen molar-refractivity contribution < 1.29 is 14.4 Å². The molecule has 0 bridgehead atoms. The number of aromatic nitrogens is 2. The van der Waals surface area contributed by atoms with Gasteiger partial charge >= 0.3 is 6.03 Å². The van der Waals surface area contributed by atoms with Gasteiger partial charge in [0.05, 0.1) is 22.7 Å². The van der Waals surface area contributed by atoms with E-state index < -0.39 is 11.9 Å². The highest BCUT2D eigenvalue weighted by Crippen LogP contribution is 2.26. The molecular formula is C27H25N7O3. The Morgan fingerprint density at radius 1 is 1.05 bits per heavy atom. The van der Waals surface area contributed by atoms with Crippen molar-refractivity contribution in [1.29, 1.82) is 5.26 Å². The van der Waals surface area contributed by atoms with Crippen LogP contribution < -0.4 is 21.3 Å². The van der Waals surface area contributed by atoms with E-state index in [9.17, 15) is 14.4 Å². The van der Waals surface area contributed by atoms with Gasteiger partial charge in [0.2, 0.25) is 11.9 Å². The molecule has 0 aliphatic carbocycles. The topological polar surface area (TPSA) is 146 Å². The maximum atomic E-state index is 13.0. The van der Waals surface area contributed by atoms with E-state index in [2.05, 4.69) is 15.6 Å². The normalized spacial score (nSPS) is 10.5. The van der Waals surface area contributed by atoms with E-state index in [1.165, 1.54) is 4.90 Å². The lowest BCUT2D eigenvalue weighted by Gasteiger charge is -2.17. The Morgan fingerprint density at radius 2 is 1.81 bits per heavy atom. The Kier molecular flexibility index (Phi) is 7.16. The van der Waals surface area contributed by atoms with Crippen molar-refractivity contribution in [2.75, 3.05) is 22.6 Å². The third kappa shape index (κ3) is 5.74. The predicted molar refractivity (Wildman–Crippen MR) is 141 cm³/mol. The summed E-state index contributed by atoms with van der Waals surface area (Å²) in [4.78, 5) is 43.2. The molecule has 0 saturated heterocycles. The van der Waals surface area contributed by atoms with Crippen molar-refractivity contribution in [2.24, 2.45) is 5.73 Å². The predicted octanol–water partition coefficient (Wildman–Crippen LogP) is 4.01. The number of hydrogen-bond donors (Lipinski definition) is 3. The smallest absolute Gasteiger partial charge is 0.326 e. The molecule has 0 radical (unpaired) electrons. The zero-order valence-corrected chi connectivity index (χ0v) is 20.4. The molecule has 0 saturated carbocycles. The average Bonchev–Trinajstić information content (AvgIpc) is 3.22. The van der Waals surface area contributed by atoms with Crippen LogP contribution in [0.25, 0.3) is 11.0 Å². The zero-order valence-electron chi connectivity index (χ0n) is 20.4. The molecule has 4 N–H and O–H groups in total. The van der Waals surface area contributed by atoms with Gasteiger partial charge in [-0.2, -0.15) is 5.26 Å². The summed E-state index contributed by atoms with van der Waals surface area (Å²) < 4.78 is 1.68. The standard InChI is InChI=1S/C27H25N7O3/c1-17-6-8-19(9-7-17)25(36)33(2)21-10-11-23-22(15-21)31-26(34(23)13-12-24(29)35)32-27(37)30-20-5-3-4-18(14-20)16-28/h3-11,14-15H,12-13H2,1-2H3,(H2,29,35)(H2,30,31,32,37). The molecule has 1 aromatic heterocycles. The molecule has 0 aliphatic heterocycles. The van der Waals surface area contributed by atoms with Gasteiger partial charge in [-0.25, -0.2) is 9.78 Å². The minimum atomic E-state index is -0.572. The van der Waals surface area contributed by atoms with Crippen LogP contribution in [0.4, 0.5) is 22.1 Å². The molecule has 0 fully saturated rings. The summed E-state index contributed by atoms with van der Waals surface area (Å²) in [6.07, 6.45) is 0.0412. The Bertz CT molecular complexity index is 1530. The van der Waals surface area contributed by atoms with Crippen molar-refractivity contribution in [3.05, 3.63) is 83.4 Å². The number of nitrogens with two attached hydrogens (primary N) is 1. The number of imidazole rings is 1. The highest BCUT2D eigenvalue weighted by atomic mass is 16.2. The minimum Gasteiger partial charge on any atom is -0.370 e. The first-order chi connectivity index (χ1) is 17.7. The van der Waals surface area contributed by atoms with Gasteiger partial charge in [-0.05, 0) is 55.5 Å². The van der Waals surface area contributed by atoms with E-state index in [1.54, 1.807) is 66.2 Å². The highest BCUT2D eigenvalue weighted by molar-refractivity contribution is 6.06. The molecule has 0 aliphatic rings. The fourth-order valence-electron chi connectivity index (χ4n) is 3.81. The van der Waals surface area contributed by atoms with Crippen molar-refractivity contribution in [3.8, 4) is 6.07 Å². The van der Waals surface area contributed by atoms with Crippen molar-refractivity contribution in [3.63, 3.8) is 0 Å². The quantitative estimate of drug-likeness (QED) is 0.354. The Labute approximate surface area is 213 Å². The molecule has 10 nitrogen and oxygen atoms in total. The molecule has 4 aromatic rings. The molecular weight excluding hydrogens is 470 g/mol. The second kappa shape index (κ2) is 10.6. The summed E-state index contributed by atoms with van der Waals surface area (Å²) in [6, 6.07) is 20.5. The van der Waals surface area contributed by atoms with Gasteiger partial charge < -0.3 is 20.5 Å². The van der Waals surface area contributed by atoms with Crippen LogP contribution in [0.15, 0.2) is 66.7 Å². The van der Waals surface area contributed by atoms with Gasteiger partial charge in [0.1, 0.15) is 0 Å². The molecule has 0 spiro atoms. The number of carbonyl (C=O) groups excluding carboxylic acids is 3. The number of carbonyl (C=O) groups is 3. The highest BCUT2D eigenvalue weighted by Gasteiger charge is 2.18. The van der Waals surface area contributed by atoms with Crippen LogP contribution in [0.2, 0.25) is 0 Å². The second-order valence-electron chi connectivity index (χ2n) is 8.48. The number of primary amides is 1. The van der Waals surface area contributed by atoms with Gasteiger partial charge in [-0.3, -0.25) is 14.9 Å². The van der Waals surface area contributed by atoms with Crippen molar-refractivity contribution in [1.82, 2.24) is 9.55 Å². The van der Waals surface area contributed by atoms with E-state index >= 15 is 0 Å². The minimum absolute atomic E-state index is 0.0412. The molecule has 0 atom stereocenters. The van der Waals surface area contributed by atoms with Crippen LogP contribution in [-0.4, -0.2) is 34.4 Å². The lowest BCUT2D eigenvalue weighted by Crippen LogP contribution is -2.26. The van der Waals surface area contributed by atoms with Crippen LogP contribution in [0, 0.1) is 18.3 Å². The van der Waals surface area contributed by atoms with Gasteiger partial charge in [-0.1, -0.05) is 23.8 Å². The molecule has 4 amide bonds. The van der Waals surface area contributed by atoms with Crippen molar-refractivity contribution >= 4 is 46.2 Å². The van der Waals surface area contributed by atoms with Crippen LogP contribution in [0.1, 0.15) is 27.9 Å². The summed E-state index contributed by atoms with van der Waals surface area (Å²) in [5.41, 5.74) is 9.60. The summed E-state index contributed by atoms with van der Waals surface area (Å²) >= 11 is 0. The average molecular weight is 496 g/mol. The first-order valence-electron chi connectivity index (χ1n) is 11.5. The van der Waals surface area contributed by atoms with Gasteiger partial charge in [0, 0.05) is 37.0 Å². The number of nitrogens with zero attached hydrogens (tertiary/aromatic N) is 4. The Morgan fingerprint density at radius 3 is 2.51 bits per heavy atom. The van der Waals surface area contributed by atoms with E-state index in [4.69, 9.17) is 11.0 Å². The van der Waals surface area contributed by atoms with Gasteiger partial charge in [-0.15, -0.1) is 0 Å². The number of amides is 4. The third-order valence-corrected chi connectivity index (χ3v) is 5.78. The van der Waals surface area contributed by atoms with Crippen LogP contribution in [0.3, 0.4) is 0 Å². The van der Waals surface area contributed by atoms with E-state index in [-0.39, 0.29) is 24.8 Å². The summed E-state index contributed by atoms with van der Waals surface area (Å²) in [5, 5.41) is 14.4. The van der Waals surface area contributed by atoms with E-state index in [1.807, 2.05) is 25.1 Å². The molecule has 4 rings (SSSR count). The molecule has 37 heavy (non-hydrogen) atoms. The lowest BCUT2D eigenvalue weighted by atomic mass is 10.1. The third-order valence-electron chi connectivity index (χ3n) is 5.78. The first-order valence-corrected chi connectivity index (χ1v) is 11.5. The fourth-order valence-corrected chi connectivity index (χ4v) is 3.81. The van der Waals surface area contributed by atoms with E-state index in [0.717, 1.165) is 5.56 Å². The largest absolute Gasteiger partial charge is 0.370 e. The number of anilines is 3. The summed E-state index contributed by atoms with van der Waals surface area (Å²) in [5.74, 6) is -0.467. The number of benzene rings is 3. The lowest BCUT2D eigenvalue weighted by molar-refractivity contribution is -0.118. The number of aryl methyl sites for hydroxylation is 2. The number of hydrogen-bond acceptors (Lipinski definition) is 5. The molecule has 186 valence electrons. The summed E-state index contributed by atoms with van der Waals surface area (Å²) in [6.45, 7) is 2.15. The number of nitriles is 1. The molecule has 10 heteroatoms. The van der Waals surface area contributed by atoms with Gasteiger partial charge in [0.25, 0.3) is 5.91 Å². The SMILES string of the molecule is Cc1ccc(C(=O)N(C)c2ccc3c(c2)nc(NC(=O)Nc2cccc(C#N)c2)n3CCC(N)=O)cc1. The maximum Gasteiger partial charge on any atom is 0.326 e. The van der Waals surface area contributed by atoms with Crippen LogP contribution >= 0.6 is 0 Å². The molecule has 1 heterocycles. The Hall–Kier alpha value is -5.17.